The number of aliphatic carboxylic acids is 1. The predicted octanol–water partition coefficient (Wildman–Crippen LogP) is 3.60. The number of unbranched alkanes of at least 4 members (excludes halogenated alkanes) is 7. The van der Waals surface area contributed by atoms with Crippen molar-refractivity contribution in [1.82, 2.24) is 5.32 Å². The Labute approximate surface area is 123 Å². The lowest BCUT2D eigenvalue weighted by Crippen LogP contribution is -2.35. The van der Waals surface area contributed by atoms with E-state index < -0.39 is 17.8 Å². The van der Waals surface area contributed by atoms with Crippen molar-refractivity contribution in [3.05, 3.63) is 0 Å². The number of carbonyl (C=O) groups is 2. The Bertz CT molecular complexity index is 279. The van der Waals surface area contributed by atoms with E-state index in [1.165, 1.54) is 38.5 Å². The summed E-state index contributed by atoms with van der Waals surface area (Å²) < 4.78 is 0. The van der Waals surface area contributed by atoms with Gasteiger partial charge in [-0.3, -0.25) is 9.59 Å². The summed E-state index contributed by atoms with van der Waals surface area (Å²) in [4.78, 5) is 22.5. The fraction of sp³-hybridized carbons (Fsp3) is 0.875. The van der Waals surface area contributed by atoms with Gasteiger partial charge in [0.05, 0.1) is 5.92 Å². The minimum absolute atomic E-state index is 0.150. The average molecular weight is 285 g/mol. The van der Waals surface area contributed by atoms with Crippen molar-refractivity contribution in [3.63, 3.8) is 0 Å². The van der Waals surface area contributed by atoms with Crippen molar-refractivity contribution in [2.75, 3.05) is 6.54 Å². The number of hydrogen-bond acceptors (Lipinski definition) is 2. The van der Waals surface area contributed by atoms with Crippen LogP contribution in [-0.2, 0) is 9.59 Å². The van der Waals surface area contributed by atoms with Crippen molar-refractivity contribution in [2.45, 2.75) is 72.1 Å². The molecule has 0 aromatic heterocycles. The number of amides is 1. The zero-order valence-electron chi connectivity index (χ0n) is 13.3. The molecular weight excluding hydrogens is 254 g/mol. The lowest BCUT2D eigenvalue weighted by Gasteiger charge is -2.15. The van der Waals surface area contributed by atoms with E-state index in [0.717, 1.165) is 12.8 Å². The smallest absolute Gasteiger partial charge is 0.307 e. The van der Waals surface area contributed by atoms with Crippen molar-refractivity contribution >= 4 is 11.9 Å². The molecule has 0 aromatic carbocycles. The quantitative estimate of drug-likeness (QED) is 0.538. The monoisotopic (exact) mass is 285 g/mol. The minimum atomic E-state index is -0.917. The van der Waals surface area contributed by atoms with Crippen LogP contribution in [0, 0.1) is 11.8 Å². The van der Waals surface area contributed by atoms with E-state index in [0.29, 0.717) is 6.54 Å². The molecule has 0 aliphatic rings. The molecular formula is C16H31NO3. The molecule has 0 heterocycles. The second-order valence-electron chi connectivity index (χ2n) is 5.68. The molecule has 2 atom stereocenters. The van der Waals surface area contributed by atoms with Gasteiger partial charge in [0.1, 0.15) is 0 Å². The summed E-state index contributed by atoms with van der Waals surface area (Å²) in [7, 11) is 0. The van der Waals surface area contributed by atoms with Gasteiger partial charge in [0, 0.05) is 12.5 Å². The summed E-state index contributed by atoms with van der Waals surface area (Å²) in [6, 6.07) is 0. The van der Waals surface area contributed by atoms with Crippen LogP contribution in [0.1, 0.15) is 72.1 Å². The molecule has 0 saturated carbocycles. The van der Waals surface area contributed by atoms with E-state index in [1.54, 1.807) is 13.8 Å². The molecule has 2 N–H and O–H groups in total. The molecule has 4 heteroatoms. The topological polar surface area (TPSA) is 66.4 Å². The highest BCUT2D eigenvalue weighted by molar-refractivity contribution is 5.84. The lowest BCUT2D eigenvalue weighted by molar-refractivity contribution is -0.146. The summed E-state index contributed by atoms with van der Waals surface area (Å²) in [6.45, 7) is 6.12. The van der Waals surface area contributed by atoms with Crippen LogP contribution >= 0.6 is 0 Å². The number of carbonyl (C=O) groups excluding carboxylic acids is 1. The zero-order chi connectivity index (χ0) is 15.4. The van der Waals surface area contributed by atoms with Crippen LogP contribution in [-0.4, -0.2) is 23.5 Å². The fourth-order valence-corrected chi connectivity index (χ4v) is 2.07. The Morgan fingerprint density at radius 2 is 1.40 bits per heavy atom. The summed E-state index contributed by atoms with van der Waals surface area (Å²) in [5, 5.41) is 11.7. The van der Waals surface area contributed by atoms with Gasteiger partial charge in [-0.1, -0.05) is 65.7 Å². The second kappa shape index (κ2) is 11.7. The number of hydrogen-bond donors (Lipinski definition) is 2. The highest BCUT2D eigenvalue weighted by Gasteiger charge is 2.25. The Morgan fingerprint density at radius 3 is 1.90 bits per heavy atom. The van der Waals surface area contributed by atoms with Gasteiger partial charge in [-0.2, -0.15) is 0 Å². The van der Waals surface area contributed by atoms with E-state index in [1.807, 2.05) is 0 Å². The molecule has 118 valence electrons. The van der Waals surface area contributed by atoms with Gasteiger partial charge in [-0.25, -0.2) is 0 Å². The van der Waals surface area contributed by atoms with Crippen molar-refractivity contribution in [2.24, 2.45) is 11.8 Å². The van der Waals surface area contributed by atoms with Crippen molar-refractivity contribution in [1.29, 1.82) is 0 Å². The van der Waals surface area contributed by atoms with Crippen LogP contribution in [0.3, 0.4) is 0 Å². The third-order valence-corrected chi connectivity index (χ3v) is 3.88. The number of carboxylic acids is 1. The summed E-state index contributed by atoms with van der Waals surface area (Å²) in [5.41, 5.74) is 0. The number of rotatable bonds is 12. The molecule has 0 radical (unpaired) electrons. The van der Waals surface area contributed by atoms with Gasteiger partial charge < -0.3 is 10.4 Å². The molecule has 0 spiro atoms. The summed E-state index contributed by atoms with van der Waals surface area (Å²) in [5.74, 6) is -2.17. The Balaban J connectivity index is 3.50. The van der Waals surface area contributed by atoms with E-state index in [2.05, 4.69) is 12.2 Å². The maximum absolute atomic E-state index is 11.7. The molecule has 1 amide bonds. The first kappa shape index (κ1) is 18.9. The highest BCUT2D eigenvalue weighted by Crippen LogP contribution is 2.11. The lowest BCUT2D eigenvalue weighted by atomic mass is 9.95. The predicted molar refractivity (Wildman–Crippen MR) is 81.6 cm³/mol. The van der Waals surface area contributed by atoms with E-state index in [9.17, 15) is 9.59 Å². The third kappa shape index (κ3) is 8.94. The molecule has 4 nitrogen and oxygen atoms in total. The molecule has 2 unspecified atom stereocenters. The van der Waals surface area contributed by atoms with Crippen LogP contribution < -0.4 is 5.32 Å². The molecule has 0 saturated heterocycles. The van der Waals surface area contributed by atoms with Gasteiger partial charge in [-0.15, -0.1) is 0 Å². The van der Waals surface area contributed by atoms with Gasteiger partial charge >= 0.3 is 5.97 Å². The SMILES string of the molecule is CCCCCCCCCCNC(=O)C(C)C(C)C(=O)O. The standard InChI is InChI=1S/C16H31NO3/c1-4-5-6-7-8-9-10-11-12-17-15(18)13(2)14(3)16(19)20/h13-14H,4-12H2,1-3H3,(H,17,18)(H,19,20). The summed E-state index contributed by atoms with van der Waals surface area (Å²) >= 11 is 0. The van der Waals surface area contributed by atoms with E-state index >= 15 is 0 Å². The van der Waals surface area contributed by atoms with Gasteiger partial charge in [0.25, 0.3) is 0 Å². The minimum Gasteiger partial charge on any atom is -0.481 e. The fourth-order valence-electron chi connectivity index (χ4n) is 2.07. The Hall–Kier alpha value is -1.06. The van der Waals surface area contributed by atoms with Gasteiger partial charge in [0.2, 0.25) is 5.91 Å². The molecule has 20 heavy (non-hydrogen) atoms. The maximum atomic E-state index is 11.7. The first-order valence-electron chi connectivity index (χ1n) is 8.01. The summed E-state index contributed by atoms with van der Waals surface area (Å²) in [6.07, 6.45) is 9.86. The third-order valence-electron chi connectivity index (χ3n) is 3.88. The average Bonchev–Trinajstić information content (AvgIpc) is 2.43. The van der Waals surface area contributed by atoms with E-state index in [-0.39, 0.29) is 5.91 Å². The molecule has 0 rings (SSSR count). The molecule has 0 aliphatic heterocycles. The van der Waals surface area contributed by atoms with Crippen molar-refractivity contribution in [3.8, 4) is 0 Å². The zero-order valence-corrected chi connectivity index (χ0v) is 13.3. The number of carboxylic acid groups (broad SMARTS) is 1. The van der Waals surface area contributed by atoms with Crippen LogP contribution in [0.15, 0.2) is 0 Å². The Morgan fingerprint density at radius 1 is 0.900 bits per heavy atom. The first-order chi connectivity index (χ1) is 9.50. The molecule has 0 aliphatic carbocycles. The molecule has 0 aromatic rings. The van der Waals surface area contributed by atoms with E-state index in [4.69, 9.17) is 5.11 Å². The largest absolute Gasteiger partial charge is 0.481 e. The molecule has 0 fully saturated rings. The normalized spacial score (nSPS) is 13.8. The Kier molecular flexibility index (Phi) is 11.1. The second-order valence-corrected chi connectivity index (χ2v) is 5.68. The van der Waals surface area contributed by atoms with Gasteiger partial charge in [-0.05, 0) is 6.42 Å². The van der Waals surface area contributed by atoms with Gasteiger partial charge in [0.15, 0.2) is 0 Å². The van der Waals surface area contributed by atoms with Crippen LogP contribution in [0.25, 0.3) is 0 Å². The van der Waals surface area contributed by atoms with Crippen LogP contribution in [0.2, 0.25) is 0 Å². The van der Waals surface area contributed by atoms with Crippen LogP contribution in [0.4, 0.5) is 0 Å². The number of nitrogens with one attached hydrogen (secondary N) is 1. The maximum Gasteiger partial charge on any atom is 0.307 e. The highest BCUT2D eigenvalue weighted by atomic mass is 16.4. The molecule has 0 bridgehead atoms. The first-order valence-corrected chi connectivity index (χ1v) is 8.01. The van der Waals surface area contributed by atoms with Crippen molar-refractivity contribution < 1.29 is 14.7 Å². The van der Waals surface area contributed by atoms with Crippen LogP contribution in [0.5, 0.6) is 0 Å².